The monoisotopic (exact) mass is 297 g/mol. The van der Waals surface area contributed by atoms with E-state index in [0.717, 1.165) is 17.0 Å². The van der Waals surface area contributed by atoms with Crippen molar-refractivity contribution in [1.82, 2.24) is 9.88 Å². The number of carbonyl (C=O) groups excluding carboxylic acids is 2. The second-order valence-electron chi connectivity index (χ2n) is 4.56. The Morgan fingerprint density at radius 2 is 2.25 bits per heavy atom. The molecule has 7 heteroatoms. The fourth-order valence-corrected chi connectivity index (χ4v) is 3.07. The van der Waals surface area contributed by atoms with Crippen LogP contribution >= 0.6 is 11.3 Å². The molecular weight excluding hydrogens is 278 g/mol. The highest BCUT2D eigenvalue weighted by molar-refractivity contribution is 7.15. The molecule has 0 aromatic carbocycles. The molecule has 0 saturated heterocycles. The molecule has 0 unspecified atom stereocenters. The summed E-state index contributed by atoms with van der Waals surface area (Å²) in [5, 5.41) is 3.43. The maximum absolute atomic E-state index is 11.7. The van der Waals surface area contributed by atoms with Gasteiger partial charge in [-0.15, -0.1) is 0 Å². The van der Waals surface area contributed by atoms with Gasteiger partial charge in [0.25, 0.3) is 0 Å². The predicted octanol–water partition coefficient (Wildman–Crippen LogP) is 2.40. The summed E-state index contributed by atoms with van der Waals surface area (Å²) in [6.07, 6.45) is 1.73. The molecule has 1 aromatic rings. The van der Waals surface area contributed by atoms with Crippen molar-refractivity contribution in [3.8, 4) is 0 Å². The van der Waals surface area contributed by atoms with Crippen LogP contribution in [0.15, 0.2) is 0 Å². The number of hydrogen-bond acceptors (Lipinski definition) is 5. The summed E-state index contributed by atoms with van der Waals surface area (Å²) in [6.45, 7) is 5.25. The number of carbonyl (C=O) groups is 2. The van der Waals surface area contributed by atoms with E-state index in [9.17, 15) is 9.59 Å². The molecule has 1 aliphatic rings. The maximum Gasteiger partial charge on any atom is 0.410 e. The van der Waals surface area contributed by atoms with E-state index in [-0.39, 0.29) is 12.0 Å². The average Bonchev–Trinajstić information content (AvgIpc) is 2.80. The Hall–Kier alpha value is -1.63. The first-order chi connectivity index (χ1) is 9.63. The first kappa shape index (κ1) is 14.8. The third-order valence-electron chi connectivity index (χ3n) is 2.98. The van der Waals surface area contributed by atoms with E-state index in [1.165, 1.54) is 11.3 Å². The van der Waals surface area contributed by atoms with E-state index >= 15 is 0 Å². The van der Waals surface area contributed by atoms with Crippen molar-refractivity contribution >= 4 is 28.5 Å². The van der Waals surface area contributed by atoms with Gasteiger partial charge >= 0.3 is 6.09 Å². The molecule has 1 aliphatic heterocycles. The van der Waals surface area contributed by atoms with Gasteiger partial charge in [-0.2, -0.15) is 0 Å². The number of fused-ring (bicyclic) bond motifs is 1. The number of rotatable bonds is 4. The number of aromatic nitrogens is 1. The van der Waals surface area contributed by atoms with Gasteiger partial charge in [0.2, 0.25) is 5.91 Å². The fourth-order valence-electron chi connectivity index (χ4n) is 2.03. The average molecular weight is 297 g/mol. The number of ether oxygens (including phenoxy) is 1. The standard InChI is InChI=1S/C13H19N3O3S/c1-3-5-11(17)15-12-14-9-6-7-16(8-10(9)20-12)13(18)19-4-2/h3-8H2,1-2H3,(H,14,15,17). The van der Waals surface area contributed by atoms with Gasteiger partial charge in [0, 0.05) is 24.3 Å². The van der Waals surface area contributed by atoms with E-state index in [4.69, 9.17) is 4.74 Å². The van der Waals surface area contributed by atoms with Crippen LogP contribution in [0.4, 0.5) is 9.93 Å². The van der Waals surface area contributed by atoms with E-state index in [2.05, 4.69) is 10.3 Å². The highest BCUT2D eigenvalue weighted by Crippen LogP contribution is 2.28. The molecule has 2 rings (SSSR count). The molecule has 2 heterocycles. The van der Waals surface area contributed by atoms with Crippen LogP contribution in [0.3, 0.4) is 0 Å². The number of hydrogen-bond donors (Lipinski definition) is 1. The van der Waals surface area contributed by atoms with Crippen LogP contribution in [0.5, 0.6) is 0 Å². The lowest BCUT2D eigenvalue weighted by molar-refractivity contribution is -0.116. The molecule has 0 atom stereocenters. The molecule has 0 fully saturated rings. The van der Waals surface area contributed by atoms with E-state index in [1.54, 1.807) is 11.8 Å². The molecular formula is C13H19N3O3S. The molecule has 1 aromatic heterocycles. The largest absolute Gasteiger partial charge is 0.450 e. The smallest absolute Gasteiger partial charge is 0.410 e. The van der Waals surface area contributed by atoms with Gasteiger partial charge in [0.1, 0.15) is 0 Å². The lowest BCUT2D eigenvalue weighted by Gasteiger charge is -2.24. The zero-order chi connectivity index (χ0) is 14.5. The highest BCUT2D eigenvalue weighted by atomic mass is 32.1. The Morgan fingerprint density at radius 1 is 1.45 bits per heavy atom. The molecule has 0 bridgehead atoms. The maximum atomic E-state index is 11.7. The van der Waals surface area contributed by atoms with Crippen molar-refractivity contribution in [3.63, 3.8) is 0 Å². The number of amides is 2. The zero-order valence-electron chi connectivity index (χ0n) is 11.8. The minimum absolute atomic E-state index is 0.0131. The summed E-state index contributed by atoms with van der Waals surface area (Å²) in [4.78, 5) is 30.4. The number of nitrogens with one attached hydrogen (secondary N) is 1. The third-order valence-corrected chi connectivity index (χ3v) is 3.98. The van der Waals surface area contributed by atoms with Crippen LogP contribution in [-0.4, -0.2) is 35.0 Å². The molecule has 0 radical (unpaired) electrons. The first-order valence-electron chi connectivity index (χ1n) is 6.84. The molecule has 20 heavy (non-hydrogen) atoms. The van der Waals surface area contributed by atoms with Gasteiger partial charge < -0.3 is 15.0 Å². The normalized spacial score (nSPS) is 13.8. The Kier molecular flexibility index (Phi) is 4.94. The van der Waals surface area contributed by atoms with Gasteiger partial charge in [-0.1, -0.05) is 18.3 Å². The summed E-state index contributed by atoms with van der Waals surface area (Å²) < 4.78 is 5.00. The van der Waals surface area contributed by atoms with Gasteiger partial charge in [-0.05, 0) is 13.3 Å². The second kappa shape index (κ2) is 6.69. The Morgan fingerprint density at radius 3 is 2.95 bits per heavy atom. The number of anilines is 1. The van der Waals surface area contributed by atoms with Crippen LogP contribution in [0, 0.1) is 0 Å². The van der Waals surface area contributed by atoms with Crippen molar-refractivity contribution in [3.05, 3.63) is 10.6 Å². The molecule has 0 spiro atoms. The summed E-state index contributed by atoms with van der Waals surface area (Å²) >= 11 is 1.44. The fraction of sp³-hybridized carbons (Fsp3) is 0.615. The Labute approximate surface area is 122 Å². The third kappa shape index (κ3) is 3.47. The van der Waals surface area contributed by atoms with Crippen LogP contribution in [0.2, 0.25) is 0 Å². The van der Waals surface area contributed by atoms with Crippen LogP contribution < -0.4 is 5.32 Å². The molecule has 0 aliphatic carbocycles. The van der Waals surface area contributed by atoms with Gasteiger partial charge in [-0.25, -0.2) is 9.78 Å². The van der Waals surface area contributed by atoms with Crippen molar-refractivity contribution in [1.29, 1.82) is 0 Å². The quantitative estimate of drug-likeness (QED) is 0.926. The summed E-state index contributed by atoms with van der Waals surface area (Å²) in [6, 6.07) is 0. The van der Waals surface area contributed by atoms with Crippen molar-refractivity contribution in [2.45, 2.75) is 39.7 Å². The SMILES string of the molecule is CCCC(=O)Nc1nc2c(s1)CN(C(=O)OCC)CC2. The zero-order valence-corrected chi connectivity index (χ0v) is 12.6. The van der Waals surface area contributed by atoms with Crippen molar-refractivity contribution in [2.75, 3.05) is 18.5 Å². The lowest BCUT2D eigenvalue weighted by Crippen LogP contribution is -2.35. The second-order valence-corrected chi connectivity index (χ2v) is 5.64. The molecule has 0 saturated carbocycles. The lowest BCUT2D eigenvalue weighted by atomic mass is 10.2. The number of nitrogens with zero attached hydrogens (tertiary/aromatic N) is 2. The van der Waals surface area contributed by atoms with Crippen LogP contribution in [0.25, 0.3) is 0 Å². The molecule has 110 valence electrons. The Bertz CT molecular complexity index is 501. The predicted molar refractivity (Wildman–Crippen MR) is 76.8 cm³/mol. The molecule has 6 nitrogen and oxygen atoms in total. The Balaban J connectivity index is 2.00. The van der Waals surface area contributed by atoms with Crippen LogP contribution in [0.1, 0.15) is 37.3 Å². The summed E-state index contributed by atoms with van der Waals surface area (Å²) in [5.74, 6) is -0.0131. The molecule has 1 N–H and O–H groups in total. The van der Waals surface area contributed by atoms with Crippen molar-refractivity contribution < 1.29 is 14.3 Å². The first-order valence-corrected chi connectivity index (χ1v) is 7.65. The topological polar surface area (TPSA) is 71.5 Å². The highest BCUT2D eigenvalue weighted by Gasteiger charge is 2.25. The van der Waals surface area contributed by atoms with Crippen LogP contribution in [-0.2, 0) is 22.5 Å². The molecule has 2 amide bonds. The summed E-state index contributed by atoms with van der Waals surface area (Å²) in [7, 11) is 0. The van der Waals surface area contributed by atoms with Crippen molar-refractivity contribution in [2.24, 2.45) is 0 Å². The number of thiazole rings is 1. The van der Waals surface area contributed by atoms with E-state index in [1.807, 2.05) is 6.92 Å². The van der Waals surface area contributed by atoms with E-state index < -0.39 is 0 Å². The van der Waals surface area contributed by atoms with Gasteiger partial charge in [0.05, 0.1) is 18.8 Å². The van der Waals surface area contributed by atoms with Gasteiger partial charge in [-0.3, -0.25) is 4.79 Å². The van der Waals surface area contributed by atoms with Gasteiger partial charge in [0.15, 0.2) is 5.13 Å². The minimum Gasteiger partial charge on any atom is -0.450 e. The van der Waals surface area contributed by atoms with E-state index in [0.29, 0.717) is 37.7 Å². The minimum atomic E-state index is -0.289. The summed E-state index contributed by atoms with van der Waals surface area (Å²) in [5.41, 5.74) is 0.974.